The van der Waals surface area contributed by atoms with Crippen molar-refractivity contribution in [3.63, 3.8) is 0 Å². The number of hydrogen-bond donors (Lipinski definition) is 11. The summed E-state index contributed by atoms with van der Waals surface area (Å²) in [5.74, 6) is -1.78. The Bertz CT molecular complexity index is 712. The highest BCUT2D eigenvalue weighted by Crippen LogP contribution is 2.30. The first-order valence-corrected chi connectivity index (χ1v) is 12.9. The van der Waals surface area contributed by atoms with Crippen LogP contribution < -0.4 is 0 Å². The van der Waals surface area contributed by atoms with Crippen LogP contribution in [-0.4, -0.2) is 188 Å². The molecule has 230 valence electrons. The van der Waals surface area contributed by atoms with Gasteiger partial charge in [-0.3, -0.25) is 0 Å². The van der Waals surface area contributed by atoms with Gasteiger partial charge < -0.3 is 79.9 Å². The van der Waals surface area contributed by atoms with Crippen molar-refractivity contribution in [2.75, 3.05) is 52.9 Å². The average molecular weight is 575 g/mol. The zero-order chi connectivity index (χ0) is 28.9. The Labute approximate surface area is 224 Å². The van der Waals surface area contributed by atoms with Crippen molar-refractivity contribution in [3.05, 3.63) is 0 Å². The van der Waals surface area contributed by atoms with Crippen molar-refractivity contribution in [2.24, 2.45) is 11.8 Å². The molecule has 0 radical (unpaired) electrons. The van der Waals surface area contributed by atoms with Gasteiger partial charge in [0, 0.05) is 11.8 Å². The van der Waals surface area contributed by atoms with E-state index in [4.69, 9.17) is 23.7 Å². The second kappa shape index (κ2) is 15.0. The summed E-state index contributed by atoms with van der Waals surface area (Å²) in [6.07, 6.45) is -16.6. The molecule has 0 aromatic rings. The topological polar surface area (TPSA) is 269 Å². The van der Waals surface area contributed by atoms with Crippen LogP contribution in [0.1, 0.15) is 0 Å². The van der Waals surface area contributed by atoms with E-state index < -0.39 is 118 Å². The fourth-order valence-corrected chi connectivity index (χ4v) is 5.21. The fraction of sp³-hybridized carbons (Fsp3) is 1.00. The molecule has 16 nitrogen and oxygen atoms in total. The van der Waals surface area contributed by atoms with E-state index in [1.165, 1.54) is 0 Å². The lowest BCUT2D eigenvalue weighted by Crippen LogP contribution is -2.60. The third-order valence-electron chi connectivity index (χ3n) is 7.71. The van der Waals surface area contributed by atoms with E-state index in [0.717, 1.165) is 0 Å². The van der Waals surface area contributed by atoms with Crippen molar-refractivity contribution < 1.29 is 79.9 Å². The smallest absolute Gasteiger partial charge is 0.111 e. The van der Waals surface area contributed by atoms with Gasteiger partial charge in [0.15, 0.2) is 0 Å². The van der Waals surface area contributed by atoms with Gasteiger partial charge in [-0.05, 0) is 0 Å². The summed E-state index contributed by atoms with van der Waals surface area (Å²) in [5, 5.41) is 110. The van der Waals surface area contributed by atoms with Gasteiger partial charge >= 0.3 is 0 Å². The van der Waals surface area contributed by atoms with Gasteiger partial charge in [-0.25, -0.2) is 0 Å². The van der Waals surface area contributed by atoms with E-state index in [2.05, 4.69) is 0 Å². The Morgan fingerprint density at radius 3 is 1.08 bits per heavy atom. The normalized spacial score (nSPS) is 47.3. The molecule has 3 heterocycles. The number of aliphatic hydroxyl groups excluding tert-OH is 11. The molecule has 3 aliphatic heterocycles. The van der Waals surface area contributed by atoms with E-state index in [0.29, 0.717) is 0 Å². The highest BCUT2D eigenvalue weighted by Gasteiger charge is 2.47. The van der Waals surface area contributed by atoms with Gasteiger partial charge in [-0.2, -0.15) is 0 Å². The molecule has 3 fully saturated rings. The zero-order valence-corrected chi connectivity index (χ0v) is 21.3. The largest absolute Gasteiger partial charge is 0.394 e. The summed E-state index contributed by atoms with van der Waals surface area (Å²) in [7, 11) is 0. The van der Waals surface area contributed by atoms with E-state index in [-0.39, 0.29) is 26.4 Å². The van der Waals surface area contributed by atoms with Crippen LogP contribution in [-0.2, 0) is 23.7 Å². The molecule has 0 aromatic heterocycles. The molecule has 0 bridgehead atoms. The number of aliphatic hydroxyl groups is 11. The van der Waals surface area contributed by atoms with E-state index in [1.807, 2.05) is 0 Å². The lowest BCUT2D eigenvalue weighted by Gasteiger charge is -2.44. The lowest BCUT2D eigenvalue weighted by molar-refractivity contribution is -0.251. The van der Waals surface area contributed by atoms with Gasteiger partial charge in [0.05, 0.1) is 77.3 Å². The van der Waals surface area contributed by atoms with Crippen molar-refractivity contribution >= 4 is 0 Å². The summed E-state index contributed by atoms with van der Waals surface area (Å²) < 4.78 is 27.5. The fourth-order valence-electron chi connectivity index (χ4n) is 5.21. The monoisotopic (exact) mass is 574 g/mol. The van der Waals surface area contributed by atoms with E-state index in [9.17, 15) is 56.2 Å². The highest BCUT2D eigenvalue weighted by molar-refractivity contribution is 4.95. The summed E-state index contributed by atoms with van der Waals surface area (Å²) in [4.78, 5) is 0. The molecule has 0 spiro atoms. The predicted octanol–water partition coefficient (Wildman–Crippen LogP) is -6.95. The Hall–Kier alpha value is -0.640. The molecule has 3 aliphatic rings. The maximum Gasteiger partial charge on any atom is 0.111 e. The minimum absolute atomic E-state index is 0.223. The maximum absolute atomic E-state index is 10.7. The summed E-state index contributed by atoms with van der Waals surface area (Å²) in [6, 6.07) is 0. The average Bonchev–Trinajstić information content (AvgIpc) is 2.94. The highest BCUT2D eigenvalue weighted by atomic mass is 16.6. The van der Waals surface area contributed by atoms with Crippen molar-refractivity contribution in [2.45, 2.75) is 79.4 Å². The molecule has 15 atom stereocenters. The summed E-state index contributed by atoms with van der Waals surface area (Å²) in [6.45, 7) is -3.27. The van der Waals surface area contributed by atoms with Crippen LogP contribution in [0.4, 0.5) is 0 Å². The lowest BCUT2D eigenvalue weighted by atomic mass is 9.87. The Balaban J connectivity index is 1.51. The quantitative estimate of drug-likeness (QED) is 0.103. The molecule has 0 aromatic carbocycles. The second-order valence-electron chi connectivity index (χ2n) is 10.2. The van der Waals surface area contributed by atoms with Crippen molar-refractivity contribution in [3.8, 4) is 0 Å². The van der Waals surface area contributed by atoms with Gasteiger partial charge in [0.25, 0.3) is 0 Å². The summed E-state index contributed by atoms with van der Waals surface area (Å²) >= 11 is 0. The molecule has 15 unspecified atom stereocenters. The van der Waals surface area contributed by atoms with Gasteiger partial charge in [-0.1, -0.05) is 0 Å². The van der Waals surface area contributed by atoms with E-state index in [1.54, 1.807) is 0 Å². The standard InChI is InChI=1S/C23H42O16/c24-1-11-9(17(28)19(30)13(3-26)37-11)5-35-7-15-21(32)18(29)10(12(2-25)38-15)6-36-8-16-22(33)23(34)20(31)14(4-27)39-16/h9-34H,1-8H2. The Kier molecular flexibility index (Phi) is 12.7. The summed E-state index contributed by atoms with van der Waals surface area (Å²) in [5.41, 5.74) is 0. The number of ether oxygens (including phenoxy) is 5. The molecular formula is C23H42O16. The minimum atomic E-state index is -1.57. The first kappa shape index (κ1) is 32.9. The van der Waals surface area contributed by atoms with Crippen LogP contribution in [0.5, 0.6) is 0 Å². The van der Waals surface area contributed by atoms with Crippen LogP contribution >= 0.6 is 0 Å². The zero-order valence-electron chi connectivity index (χ0n) is 21.3. The molecule has 11 N–H and O–H groups in total. The molecular weight excluding hydrogens is 532 g/mol. The first-order valence-electron chi connectivity index (χ1n) is 12.9. The Morgan fingerprint density at radius 1 is 0.359 bits per heavy atom. The third-order valence-corrected chi connectivity index (χ3v) is 7.71. The first-order chi connectivity index (χ1) is 18.6. The molecule has 0 amide bonds. The molecule has 16 heteroatoms. The van der Waals surface area contributed by atoms with E-state index >= 15 is 0 Å². The number of hydrogen-bond acceptors (Lipinski definition) is 16. The van der Waals surface area contributed by atoms with Crippen LogP contribution in [0.25, 0.3) is 0 Å². The molecule has 0 saturated carbocycles. The van der Waals surface area contributed by atoms with Gasteiger partial charge in [-0.15, -0.1) is 0 Å². The molecule has 39 heavy (non-hydrogen) atoms. The molecule has 3 saturated heterocycles. The van der Waals surface area contributed by atoms with Crippen LogP contribution in [0, 0.1) is 11.8 Å². The van der Waals surface area contributed by atoms with Crippen LogP contribution in [0.15, 0.2) is 0 Å². The molecule has 3 rings (SSSR count). The SMILES string of the molecule is OCC1OC(COCC2C(CO)OC(COCC3C(CO)OC(CO)C(O)C3O)C(O)C2O)C(O)C(O)C1O. The van der Waals surface area contributed by atoms with Crippen LogP contribution in [0.2, 0.25) is 0 Å². The number of rotatable bonds is 12. The second-order valence-corrected chi connectivity index (χ2v) is 10.2. The Morgan fingerprint density at radius 2 is 0.667 bits per heavy atom. The third kappa shape index (κ3) is 7.42. The maximum atomic E-state index is 10.7. The van der Waals surface area contributed by atoms with Crippen LogP contribution in [0.3, 0.4) is 0 Å². The van der Waals surface area contributed by atoms with Crippen molar-refractivity contribution in [1.29, 1.82) is 0 Å². The van der Waals surface area contributed by atoms with Crippen molar-refractivity contribution in [1.82, 2.24) is 0 Å². The van der Waals surface area contributed by atoms with Gasteiger partial charge in [0.1, 0.15) is 54.9 Å². The van der Waals surface area contributed by atoms with Gasteiger partial charge in [0.2, 0.25) is 0 Å². The molecule has 0 aliphatic carbocycles. The minimum Gasteiger partial charge on any atom is -0.394 e. The predicted molar refractivity (Wildman–Crippen MR) is 125 cm³/mol.